The van der Waals surface area contributed by atoms with Crippen molar-refractivity contribution in [1.29, 1.82) is 0 Å². The number of aromatic nitrogens is 1. The smallest absolute Gasteiger partial charge is 0.419 e. The average Bonchev–Trinajstić information content (AvgIpc) is 2.67. The van der Waals surface area contributed by atoms with Gasteiger partial charge in [0.05, 0.1) is 12.7 Å². The van der Waals surface area contributed by atoms with Crippen LogP contribution in [-0.2, 0) is 6.18 Å². The van der Waals surface area contributed by atoms with Crippen LogP contribution in [0, 0.1) is 0 Å². The van der Waals surface area contributed by atoms with Crippen LogP contribution in [0.3, 0.4) is 0 Å². The van der Waals surface area contributed by atoms with Gasteiger partial charge in [-0.25, -0.2) is 4.98 Å². The minimum Gasteiger partial charge on any atom is -0.497 e. The summed E-state index contributed by atoms with van der Waals surface area (Å²) in [6, 6.07) is 10.5. The van der Waals surface area contributed by atoms with Crippen molar-refractivity contribution in [2.45, 2.75) is 19.1 Å². The number of anilines is 1. The summed E-state index contributed by atoms with van der Waals surface area (Å²) >= 11 is 0. The van der Waals surface area contributed by atoms with Crippen LogP contribution in [0.25, 0.3) is 0 Å². The highest BCUT2D eigenvalue weighted by atomic mass is 19.4. The van der Waals surface area contributed by atoms with E-state index in [0.717, 1.165) is 17.4 Å². The van der Waals surface area contributed by atoms with Gasteiger partial charge in [0.1, 0.15) is 11.6 Å². The third kappa shape index (κ3) is 3.93. The molecule has 0 bridgehead atoms. The van der Waals surface area contributed by atoms with Crippen LogP contribution < -0.4 is 9.64 Å². The van der Waals surface area contributed by atoms with Crippen LogP contribution >= 0.6 is 0 Å². The van der Waals surface area contributed by atoms with Crippen molar-refractivity contribution in [1.82, 2.24) is 9.88 Å². The second-order valence-corrected chi connectivity index (χ2v) is 6.35. The number of rotatable bonds is 4. The molecule has 26 heavy (non-hydrogen) atoms. The molecule has 1 aliphatic rings. The van der Waals surface area contributed by atoms with Crippen molar-refractivity contribution in [2.75, 3.05) is 38.2 Å². The van der Waals surface area contributed by atoms with Gasteiger partial charge in [0.15, 0.2) is 0 Å². The summed E-state index contributed by atoms with van der Waals surface area (Å²) in [5, 5.41) is 0. The molecule has 0 amide bonds. The van der Waals surface area contributed by atoms with E-state index in [4.69, 9.17) is 4.74 Å². The highest BCUT2D eigenvalue weighted by Crippen LogP contribution is 2.35. The number of hydrogen-bond donors (Lipinski definition) is 0. The number of hydrogen-bond acceptors (Lipinski definition) is 4. The van der Waals surface area contributed by atoms with Crippen LogP contribution in [0.1, 0.15) is 24.1 Å². The summed E-state index contributed by atoms with van der Waals surface area (Å²) in [4.78, 5) is 7.98. The summed E-state index contributed by atoms with van der Waals surface area (Å²) in [5.74, 6) is 0.824. The van der Waals surface area contributed by atoms with Crippen molar-refractivity contribution in [2.24, 2.45) is 0 Å². The van der Waals surface area contributed by atoms with Crippen LogP contribution in [0.5, 0.6) is 5.75 Å². The Labute approximate surface area is 151 Å². The van der Waals surface area contributed by atoms with E-state index in [1.807, 2.05) is 24.3 Å². The van der Waals surface area contributed by atoms with Crippen molar-refractivity contribution >= 4 is 5.82 Å². The standard InChI is InChI=1S/C19H22F3N3O/c1-14(15-5-3-6-16(13-15)26-2)24-9-11-25(12-10-24)18-17(19(20,21)22)7-4-8-23-18/h3-8,13-14H,9-12H2,1-2H3. The second kappa shape index (κ2) is 7.53. The van der Waals surface area contributed by atoms with E-state index in [1.165, 1.54) is 12.3 Å². The molecule has 1 fully saturated rings. The first-order valence-electron chi connectivity index (χ1n) is 8.55. The molecule has 140 valence electrons. The molecule has 0 aliphatic carbocycles. The van der Waals surface area contributed by atoms with Crippen molar-refractivity contribution < 1.29 is 17.9 Å². The molecule has 1 aromatic heterocycles. The maximum atomic E-state index is 13.2. The van der Waals surface area contributed by atoms with E-state index in [2.05, 4.69) is 16.8 Å². The van der Waals surface area contributed by atoms with Gasteiger partial charge in [-0.3, -0.25) is 4.90 Å². The summed E-state index contributed by atoms with van der Waals surface area (Å²) in [7, 11) is 1.63. The van der Waals surface area contributed by atoms with Gasteiger partial charge in [-0.05, 0) is 36.8 Å². The first kappa shape index (κ1) is 18.5. The molecule has 1 unspecified atom stereocenters. The number of benzene rings is 1. The summed E-state index contributed by atoms with van der Waals surface area (Å²) in [6.07, 6.45) is -2.98. The van der Waals surface area contributed by atoms with Crippen molar-refractivity contribution in [3.8, 4) is 5.75 Å². The molecular formula is C19H22F3N3O. The summed E-state index contributed by atoms with van der Waals surface area (Å²) in [6.45, 7) is 4.47. The predicted octanol–water partition coefficient (Wildman–Crippen LogP) is 3.99. The Morgan fingerprint density at radius 1 is 1.08 bits per heavy atom. The van der Waals surface area contributed by atoms with E-state index in [1.54, 1.807) is 12.0 Å². The van der Waals surface area contributed by atoms with Gasteiger partial charge in [0.2, 0.25) is 0 Å². The third-order valence-corrected chi connectivity index (χ3v) is 4.83. The molecule has 3 rings (SSSR count). The van der Waals surface area contributed by atoms with E-state index in [-0.39, 0.29) is 11.9 Å². The quantitative estimate of drug-likeness (QED) is 0.819. The van der Waals surface area contributed by atoms with Gasteiger partial charge < -0.3 is 9.64 Å². The molecule has 0 spiro atoms. The lowest BCUT2D eigenvalue weighted by atomic mass is 10.1. The van der Waals surface area contributed by atoms with Gasteiger partial charge in [0, 0.05) is 38.4 Å². The SMILES string of the molecule is COc1cccc(C(C)N2CCN(c3ncccc3C(F)(F)F)CC2)c1. The number of methoxy groups -OCH3 is 1. The van der Waals surface area contributed by atoms with Crippen LogP contribution in [0.2, 0.25) is 0 Å². The molecule has 1 aliphatic heterocycles. The molecule has 0 N–H and O–H groups in total. The number of ether oxygens (including phenoxy) is 1. The normalized spacial score (nSPS) is 17.2. The topological polar surface area (TPSA) is 28.6 Å². The van der Waals surface area contributed by atoms with Crippen molar-refractivity contribution in [3.05, 3.63) is 53.7 Å². The van der Waals surface area contributed by atoms with Gasteiger partial charge >= 0.3 is 6.18 Å². The highest BCUT2D eigenvalue weighted by Gasteiger charge is 2.36. The fraction of sp³-hybridized carbons (Fsp3) is 0.421. The molecule has 2 heterocycles. The van der Waals surface area contributed by atoms with Crippen LogP contribution in [0.4, 0.5) is 19.0 Å². The summed E-state index contributed by atoms with van der Waals surface area (Å²) in [5.41, 5.74) is 0.459. The molecular weight excluding hydrogens is 343 g/mol. The maximum Gasteiger partial charge on any atom is 0.419 e. The van der Waals surface area contributed by atoms with E-state index in [9.17, 15) is 13.2 Å². The van der Waals surface area contributed by atoms with E-state index in [0.29, 0.717) is 26.2 Å². The largest absolute Gasteiger partial charge is 0.497 e. The maximum absolute atomic E-state index is 13.2. The lowest BCUT2D eigenvalue weighted by molar-refractivity contribution is -0.137. The monoisotopic (exact) mass is 365 g/mol. The van der Waals surface area contributed by atoms with E-state index < -0.39 is 11.7 Å². The highest BCUT2D eigenvalue weighted by molar-refractivity contribution is 5.48. The second-order valence-electron chi connectivity index (χ2n) is 6.35. The zero-order valence-electron chi connectivity index (χ0n) is 14.8. The first-order valence-corrected chi connectivity index (χ1v) is 8.55. The van der Waals surface area contributed by atoms with Crippen LogP contribution in [0.15, 0.2) is 42.6 Å². The molecule has 0 saturated carbocycles. The Kier molecular flexibility index (Phi) is 5.36. The van der Waals surface area contributed by atoms with Gasteiger partial charge in [-0.1, -0.05) is 12.1 Å². The fourth-order valence-electron chi connectivity index (χ4n) is 3.30. The van der Waals surface area contributed by atoms with E-state index >= 15 is 0 Å². The molecule has 1 saturated heterocycles. The van der Waals surface area contributed by atoms with Gasteiger partial charge in [0.25, 0.3) is 0 Å². The number of alkyl halides is 3. The third-order valence-electron chi connectivity index (χ3n) is 4.83. The number of halogens is 3. The van der Waals surface area contributed by atoms with Crippen LogP contribution in [-0.4, -0.2) is 43.2 Å². The minimum atomic E-state index is -4.39. The Morgan fingerprint density at radius 3 is 2.46 bits per heavy atom. The fourth-order valence-corrected chi connectivity index (χ4v) is 3.30. The molecule has 4 nitrogen and oxygen atoms in total. The lowest BCUT2D eigenvalue weighted by Crippen LogP contribution is -2.48. The molecule has 7 heteroatoms. The lowest BCUT2D eigenvalue weighted by Gasteiger charge is -2.39. The predicted molar refractivity (Wildman–Crippen MR) is 94.4 cm³/mol. The average molecular weight is 365 g/mol. The Hall–Kier alpha value is -2.28. The number of nitrogens with zero attached hydrogens (tertiary/aromatic N) is 3. The van der Waals surface area contributed by atoms with Gasteiger partial charge in [-0.2, -0.15) is 13.2 Å². The zero-order chi connectivity index (χ0) is 18.7. The van der Waals surface area contributed by atoms with Crippen molar-refractivity contribution in [3.63, 3.8) is 0 Å². The molecule has 0 radical (unpaired) electrons. The Balaban J connectivity index is 1.70. The Morgan fingerprint density at radius 2 is 1.81 bits per heavy atom. The minimum absolute atomic E-state index is 0.0219. The first-order chi connectivity index (χ1) is 12.4. The summed E-state index contributed by atoms with van der Waals surface area (Å²) < 4.78 is 44.9. The molecule has 1 aromatic carbocycles. The number of pyridine rings is 1. The van der Waals surface area contributed by atoms with Gasteiger partial charge in [-0.15, -0.1) is 0 Å². The molecule has 2 aromatic rings. The molecule has 1 atom stereocenters. The number of piperazine rings is 1. The Bertz CT molecular complexity index is 743. The zero-order valence-corrected chi connectivity index (χ0v) is 14.8.